The Morgan fingerprint density at radius 2 is 1.85 bits per heavy atom. The van der Waals surface area contributed by atoms with Crippen molar-refractivity contribution in [3.05, 3.63) is 34.9 Å². The largest absolute Gasteiger partial charge is 0.416 e. The van der Waals surface area contributed by atoms with Gasteiger partial charge in [-0.05, 0) is 55.6 Å². The number of hydrogen-bond donors (Lipinski definition) is 3. The van der Waals surface area contributed by atoms with E-state index in [1.807, 2.05) is 0 Å². The number of aliphatic hydroxyl groups is 2. The molecule has 1 aromatic rings. The molecule has 1 aliphatic heterocycles. The fraction of sp³-hybridized carbons (Fsp3) is 0.571. The van der Waals surface area contributed by atoms with Crippen molar-refractivity contribution in [2.75, 3.05) is 19.7 Å². The van der Waals surface area contributed by atoms with Gasteiger partial charge in [0.05, 0.1) is 11.2 Å². The van der Waals surface area contributed by atoms with Crippen molar-refractivity contribution >= 4 is 0 Å². The monoisotopic (exact) mass is 289 g/mol. The number of nitrogens with one attached hydrogen (secondary N) is 1. The quantitative estimate of drug-likeness (QED) is 0.795. The smallest absolute Gasteiger partial charge is 0.396 e. The third-order valence-corrected chi connectivity index (χ3v) is 3.75. The van der Waals surface area contributed by atoms with E-state index in [1.165, 1.54) is 6.07 Å². The van der Waals surface area contributed by atoms with Gasteiger partial charge in [0.15, 0.2) is 0 Å². The van der Waals surface area contributed by atoms with Crippen LogP contribution in [0.15, 0.2) is 18.2 Å². The molecule has 1 aliphatic rings. The number of halogens is 3. The number of piperidine rings is 1. The average Bonchev–Trinajstić information content (AvgIpc) is 2.39. The predicted molar refractivity (Wildman–Crippen MR) is 68.2 cm³/mol. The highest BCUT2D eigenvalue weighted by Crippen LogP contribution is 2.37. The second-order valence-electron chi connectivity index (χ2n) is 5.12. The lowest BCUT2D eigenvalue weighted by Gasteiger charge is -2.35. The van der Waals surface area contributed by atoms with Crippen LogP contribution in [0.25, 0.3) is 0 Å². The molecule has 6 heteroatoms. The van der Waals surface area contributed by atoms with E-state index in [1.54, 1.807) is 0 Å². The fourth-order valence-electron chi connectivity index (χ4n) is 2.63. The van der Waals surface area contributed by atoms with E-state index in [4.69, 9.17) is 5.11 Å². The van der Waals surface area contributed by atoms with Crippen LogP contribution < -0.4 is 5.32 Å². The number of rotatable bonds is 3. The van der Waals surface area contributed by atoms with E-state index in [-0.39, 0.29) is 13.0 Å². The maximum atomic E-state index is 12.8. The molecule has 20 heavy (non-hydrogen) atoms. The molecule has 0 unspecified atom stereocenters. The molecule has 0 spiro atoms. The molecule has 1 fully saturated rings. The molecule has 0 bridgehead atoms. The van der Waals surface area contributed by atoms with Gasteiger partial charge in [-0.15, -0.1) is 0 Å². The number of alkyl halides is 3. The zero-order valence-corrected chi connectivity index (χ0v) is 11.0. The summed E-state index contributed by atoms with van der Waals surface area (Å²) in [5, 5.41) is 22.8. The normalized spacial score (nSPS) is 19.1. The number of benzene rings is 1. The van der Waals surface area contributed by atoms with Crippen LogP contribution >= 0.6 is 0 Å². The maximum absolute atomic E-state index is 12.8. The third kappa shape index (κ3) is 3.13. The van der Waals surface area contributed by atoms with E-state index in [0.717, 1.165) is 12.1 Å². The summed E-state index contributed by atoms with van der Waals surface area (Å²) in [6.07, 6.45) is -3.46. The first-order chi connectivity index (χ1) is 9.37. The topological polar surface area (TPSA) is 52.5 Å². The van der Waals surface area contributed by atoms with Gasteiger partial charge in [0, 0.05) is 6.61 Å². The minimum atomic E-state index is -4.43. The van der Waals surface area contributed by atoms with Gasteiger partial charge in [-0.1, -0.05) is 6.07 Å². The molecule has 0 aliphatic carbocycles. The maximum Gasteiger partial charge on any atom is 0.416 e. The summed E-state index contributed by atoms with van der Waals surface area (Å²) in [5.74, 6) is 0. The van der Waals surface area contributed by atoms with Gasteiger partial charge in [-0.3, -0.25) is 0 Å². The van der Waals surface area contributed by atoms with E-state index in [9.17, 15) is 18.3 Å². The van der Waals surface area contributed by atoms with Crippen molar-refractivity contribution in [3.8, 4) is 0 Å². The minimum absolute atomic E-state index is 0.160. The summed E-state index contributed by atoms with van der Waals surface area (Å²) in [6, 6.07) is 3.38. The number of hydrogen-bond acceptors (Lipinski definition) is 3. The van der Waals surface area contributed by atoms with Crippen LogP contribution in [0, 0.1) is 0 Å². The first kappa shape index (κ1) is 15.3. The number of aliphatic hydroxyl groups excluding tert-OH is 1. The highest BCUT2D eigenvalue weighted by molar-refractivity contribution is 5.38. The molecule has 0 aromatic heterocycles. The Balaban J connectivity index is 2.46. The Morgan fingerprint density at radius 1 is 1.20 bits per heavy atom. The van der Waals surface area contributed by atoms with E-state index in [0.29, 0.717) is 37.1 Å². The Hall–Kier alpha value is -1.11. The van der Waals surface area contributed by atoms with Crippen molar-refractivity contribution in [3.63, 3.8) is 0 Å². The van der Waals surface area contributed by atoms with Gasteiger partial charge in [-0.25, -0.2) is 0 Å². The second-order valence-corrected chi connectivity index (χ2v) is 5.12. The fourth-order valence-corrected chi connectivity index (χ4v) is 2.63. The van der Waals surface area contributed by atoms with Gasteiger partial charge in [-0.2, -0.15) is 13.2 Å². The first-order valence-corrected chi connectivity index (χ1v) is 6.61. The van der Waals surface area contributed by atoms with E-state index < -0.39 is 17.3 Å². The van der Waals surface area contributed by atoms with Gasteiger partial charge in [0.2, 0.25) is 0 Å². The molecular weight excluding hydrogens is 271 g/mol. The summed E-state index contributed by atoms with van der Waals surface area (Å²) in [5.41, 5.74) is -1.15. The average molecular weight is 289 g/mol. The molecule has 1 saturated heterocycles. The van der Waals surface area contributed by atoms with Crippen LogP contribution in [-0.4, -0.2) is 29.9 Å². The Labute approximate surface area is 115 Å². The molecule has 2 rings (SSSR count). The molecule has 0 amide bonds. The van der Waals surface area contributed by atoms with Gasteiger partial charge < -0.3 is 15.5 Å². The van der Waals surface area contributed by atoms with Gasteiger partial charge in [0.25, 0.3) is 0 Å². The Kier molecular flexibility index (Phi) is 4.36. The van der Waals surface area contributed by atoms with Crippen LogP contribution in [0.4, 0.5) is 13.2 Å². The van der Waals surface area contributed by atoms with Crippen molar-refractivity contribution in [1.29, 1.82) is 0 Å². The predicted octanol–water partition coefficient (Wildman–Crippen LogP) is 1.81. The van der Waals surface area contributed by atoms with Crippen LogP contribution in [0.2, 0.25) is 0 Å². The summed E-state index contributed by atoms with van der Waals surface area (Å²) in [7, 11) is 0. The van der Waals surface area contributed by atoms with Crippen LogP contribution in [-0.2, 0) is 18.2 Å². The van der Waals surface area contributed by atoms with Crippen LogP contribution in [0.3, 0.4) is 0 Å². The summed E-state index contributed by atoms with van der Waals surface area (Å²) in [6.45, 7) is 0.962. The molecular formula is C14H18F3NO2. The Bertz CT molecular complexity index is 468. The molecule has 0 atom stereocenters. The molecule has 0 saturated carbocycles. The zero-order chi connectivity index (χ0) is 14.8. The highest BCUT2D eigenvalue weighted by Gasteiger charge is 2.37. The highest BCUT2D eigenvalue weighted by atomic mass is 19.4. The Morgan fingerprint density at radius 3 is 2.40 bits per heavy atom. The zero-order valence-electron chi connectivity index (χ0n) is 11.0. The van der Waals surface area contributed by atoms with Crippen molar-refractivity contribution in [2.45, 2.75) is 31.0 Å². The SMILES string of the molecule is OCCc1ccc(C(F)(F)F)cc1C1(O)CCNCC1. The summed E-state index contributed by atoms with van der Waals surface area (Å²) >= 11 is 0. The van der Waals surface area contributed by atoms with E-state index >= 15 is 0 Å². The van der Waals surface area contributed by atoms with Crippen molar-refractivity contribution in [2.24, 2.45) is 0 Å². The van der Waals surface area contributed by atoms with Crippen LogP contribution in [0.1, 0.15) is 29.5 Å². The summed E-state index contributed by atoms with van der Waals surface area (Å²) < 4.78 is 38.5. The molecule has 112 valence electrons. The van der Waals surface area contributed by atoms with E-state index in [2.05, 4.69) is 5.32 Å². The van der Waals surface area contributed by atoms with Gasteiger partial charge >= 0.3 is 6.18 Å². The van der Waals surface area contributed by atoms with Crippen LogP contribution in [0.5, 0.6) is 0 Å². The summed E-state index contributed by atoms with van der Waals surface area (Å²) in [4.78, 5) is 0. The molecule has 3 N–H and O–H groups in total. The lowest BCUT2D eigenvalue weighted by molar-refractivity contribution is -0.137. The third-order valence-electron chi connectivity index (χ3n) is 3.75. The molecule has 1 aromatic carbocycles. The second kappa shape index (κ2) is 5.71. The lowest BCUT2D eigenvalue weighted by Crippen LogP contribution is -2.40. The molecule has 0 radical (unpaired) electrons. The molecule has 1 heterocycles. The minimum Gasteiger partial charge on any atom is -0.396 e. The van der Waals surface area contributed by atoms with Gasteiger partial charge in [0.1, 0.15) is 0 Å². The standard InChI is InChI=1S/C14H18F3NO2/c15-14(16,17)11-2-1-10(3-8-19)12(9-11)13(20)4-6-18-7-5-13/h1-2,9,18-20H,3-8H2. The molecule has 3 nitrogen and oxygen atoms in total. The van der Waals surface area contributed by atoms with Crippen molar-refractivity contribution in [1.82, 2.24) is 5.32 Å². The van der Waals surface area contributed by atoms with Crippen molar-refractivity contribution < 1.29 is 23.4 Å². The first-order valence-electron chi connectivity index (χ1n) is 6.61. The lowest BCUT2D eigenvalue weighted by atomic mass is 9.81.